The lowest BCUT2D eigenvalue weighted by atomic mass is 9.74. The second-order valence-corrected chi connectivity index (χ2v) is 9.96. The van der Waals surface area contributed by atoms with Crippen LogP contribution in [0.15, 0.2) is 82.6 Å². The molecule has 0 unspecified atom stereocenters. The van der Waals surface area contributed by atoms with E-state index in [1.54, 1.807) is 24.5 Å². The maximum Gasteiger partial charge on any atom is 0.243 e. The molecule has 0 radical (unpaired) electrons. The summed E-state index contributed by atoms with van der Waals surface area (Å²) in [7, 11) is 0. The van der Waals surface area contributed by atoms with Gasteiger partial charge >= 0.3 is 0 Å². The van der Waals surface area contributed by atoms with Gasteiger partial charge in [0, 0.05) is 17.7 Å². The largest absolute Gasteiger partial charge is 0.467 e. The summed E-state index contributed by atoms with van der Waals surface area (Å²) in [6, 6.07) is 18.0. The Morgan fingerprint density at radius 1 is 1.12 bits per heavy atom. The Balaban J connectivity index is 1.61. The van der Waals surface area contributed by atoms with Gasteiger partial charge in [-0.2, -0.15) is 0 Å². The summed E-state index contributed by atoms with van der Waals surface area (Å²) in [6.07, 6.45) is 2.75. The number of ketones is 1. The number of rotatable bonds is 4. The number of nitrogens with one attached hydrogen (secondary N) is 2. The van der Waals surface area contributed by atoms with Crippen molar-refractivity contribution in [2.75, 3.05) is 22.1 Å². The van der Waals surface area contributed by atoms with Crippen molar-refractivity contribution in [3.05, 3.63) is 89.0 Å². The van der Waals surface area contributed by atoms with Crippen LogP contribution in [0.4, 0.5) is 17.1 Å². The Morgan fingerprint density at radius 2 is 1.88 bits per heavy atom. The average molecular weight is 476 g/mol. The van der Waals surface area contributed by atoms with E-state index in [1.165, 1.54) is 0 Å². The van der Waals surface area contributed by atoms with E-state index in [1.807, 2.05) is 47.4 Å². The van der Waals surface area contributed by atoms with Crippen LogP contribution in [0.3, 0.4) is 0 Å². The van der Waals surface area contributed by atoms with E-state index in [2.05, 4.69) is 24.5 Å². The molecule has 6 nitrogen and oxygen atoms in total. The van der Waals surface area contributed by atoms with E-state index < -0.39 is 6.04 Å². The van der Waals surface area contributed by atoms with Crippen LogP contribution in [0.2, 0.25) is 5.02 Å². The molecule has 1 aromatic heterocycles. The number of para-hydroxylation sites is 3. The summed E-state index contributed by atoms with van der Waals surface area (Å²) in [5, 5.41) is 6.89. The summed E-state index contributed by atoms with van der Waals surface area (Å²) < 4.78 is 5.83. The van der Waals surface area contributed by atoms with Crippen molar-refractivity contribution in [3.63, 3.8) is 0 Å². The Bertz CT molecular complexity index is 1280. The number of hydrogen-bond donors (Lipinski definition) is 2. The molecule has 34 heavy (non-hydrogen) atoms. The summed E-state index contributed by atoms with van der Waals surface area (Å²) in [6.45, 7) is 4.20. The van der Waals surface area contributed by atoms with Crippen LogP contribution in [0, 0.1) is 5.41 Å². The van der Waals surface area contributed by atoms with Crippen LogP contribution in [0.1, 0.15) is 38.5 Å². The number of nitrogens with zero attached hydrogens (tertiary/aromatic N) is 1. The molecule has 2 N–H and O–H groups in total. The van der Waals surface area contributed by atoms with Crippen molar-refractivity contribution in [2.24, 2.45) is 5.41 Å². The number of carbonyl (C=O) groups is 2. The molecule has 1 atom stereocenters. The minimum atomic E-state index is -0.540. The van der Waals surface area contributed by atoms with Gasteiger partial charge in [0.25, 0.3) is 0 Å². The lowest BCUT2D eigenvalue weighted by Crippen LogP contribution is -2.40. The molecule has 0 bridgehead atoms. The number of benzene rings is 2. The van der Waals surface area contributed by atoms with Gasteiger partial charge in [-0.15, -0.1) is 0 Å². The zero-order chi connectivity index (χ0) is 23.9. The van der Waals surface area contributed by atoms with Crippen LogP contribution in [0.5, 0.6) is 0 Å². The third-order valence-corrected chi connectivity index (χ3v) is 6.61. The van der Waals surface area contributed by atoms with Gasteiger partial charge in [0.15, 0.2) is 5.78 Å². The van der Waals surface area contributed by atoms with Gasteiger partial charge in [0.1, 0.15) is 11.8 Å². The predicted octanol–water partition coefficient (Wildman–Crippen LogP) is 6.19. The second-order valence-electron chi connectivity index (χ2n) is 9.55. The molecule has 1 aliphatic heterocycles. The fourth-order valence-electron chi connectivity index (χ4n) is 4.88. The van der Waals surface area contributed by atoms with E-state index >= 15 is 0 Å². The maximum absolute atomic E-state index is 13.5. The number of amides is 1. The highest BCUT2D eigenvalue weighted by Gasteiger charge is 2.42. The molecule has 0 saturated carbocycles. The summed E-state index contributed by atoms with van der Waals surface area (Å²) in [5.74, 6) is 0.432. The zero-order valence-corrected chi connectivity index (χ0v) is 19.9. The molecular formula is C27H26ClN3O3. The van der Waals surface area contributed by atoms with E-state index in [0.717, 1.165) is 23.5 Å². The Labute approximate surface area is 203 Å². The van der Waals surface area contributed by atoms with Crippen LogP contribution in [0.25, 0.3) is 0 Å². The lowest BCUT2D eigenvalue weighted by molar-refractivity contribution is -0.119. The summed E-state index contributed by atoms with van der Waals surface area (Å²) >= 11 is 6.26. The molecular weight excluding hydrogens is 450 g/mol. The van der Waals surface area contributed by atoms with Gasteiger partial charge in [-0.25, -0.2) is 0 Å². The van der Waals surface area contributed by atoms with Crippen molar-refractivity contribution >= 4 is 40.4 Å². The minimum absolute atomic E-state index is 0.00271. The van der Waals surface area contributed by atoms with Crippen LogP contribution < -0.4 is 15.5 Å². The molecule has 0 spiro atoms. The van der Waals surface area contributed by atoms with Crippen molar-refractivity contribution in [1.29, 1.82) is 0 Å². The number of allylic oxidation sites excluding steroid dienone is 1. The van der Waals surface area contributed by atoms with Gasteiger partial charge in [-0.05, 0) is 48.2 Å². The molecule has 3 aromatic rings. The SMILES string of the molecule is CC1(C)CC(=O)C2=C(C1)Nc1ccccc1N(CC(=O)Nc1ccccc1Cl)[C@@H]2c1ccco1. The van der Waals surface area contributed by atoms with Crippen molar-refractivity contribution in [1.82, 2.24) is 0 Å². The van der Waals surface area contributed by atoms with Crippen molar-refractivity contribution in [3.8, 4) is 0 Å². The minimum Gasteiger partial charge on any atom is -0.467 e. The third kappa shape index (κ3) is 4.21. The first-order chi connectivity index (χ1) is 16.3. The van der Waals surface area contributed by atoms with Gasteiger partial charge in [-0.1, -0.05) is 49.7 Å². The van der Waals surface area contributed by atoms with Gasteiger partial charge in [-0.3, -0.25) is 9.59 Å². The zero-order valence-electron chi connectivity index (χ0n) is 19.1. The first-order valence-corrected chi connectivity index (χ1v) is 11.7. The lowest BCUT2D eigenvalue weighted by Gasteiger charge is -2.36. The monoisotopic (exact) mass is 475 g/mol. The molecule has 2 aliphatic rings. The number of anilines is 3. The molecule has 2 aromatic carbocycles. The van der Waals surface area contributed by atoms with Gasteiger partial charge in [0.2, 0.25) is 5.91 Å². The second kappa shape index (κ2) is 8.69. The number of fused-ring (bicyclic) bond motifs is 1. The van der Waals surface area contributed by atoms with Gasteiger partial charge < -0.3 is 20.0 Å². The molecule has 0 saturated heterocycles. The summed E-state index contributed by atoms with van der Waals surface area (Å²) in [4.78, 5) is 28.7. The molecule has 7 heteroatoms. The van der Waals surface area contributed by atoms with Crippen LogP contribution >= 0.6 is 11.6 Å². The fourth-order valence-corrected chi connectivity index (χ4v) is 5.06. The van der Waals surface area contributed by atoms with Gasteiger partial charge in [0.05, 0.1) is 34.9 Å². The standard InChI is InChI=1S/C27H26ClN3O3/c1-27(2)14-20-25(22(32)15-27)26(23-12-7-13-34-23)31(21-11-6-5-10-19(21)29-20)16-24(33)30-18-9-4-3-8-17(18)28/h3-13,26,29H,14-16H2,1-2H3,(H,30,33)/t26-/m1/s1. The molecule has 5 rings (SSSR count). The number of halogens is 1. The quantitative estimate of drug-likeness (QED) is 0.470. The first kappa shape index (κ1) is 22.3. The number of hydrogen-bond acceptors (Lipinski definition) is 5. The average Bonchev–Trinajstić information content (AvgIpc) is 3.27. The summed E-state index contributed by atoms with van der Waals surface area (Å²) in [5.41, 5.74) is 3.57. The Kier molecular flexibility index (Phi) is 5.70. The first-order valence-electron chi connectivity index (χ1n) is 11.3. The molecule has 0 fully saturated rings. The van der Waals surface area contributed by atoms with Crippen LogP contribution in [-0.2, 0) is 9.59 Å². The Morgan fingerprint density at radius 3 is 2.65 bits per heavy atom. The molecule has 174 valence electrons. The van der Waals surface area contributed by atoms with Crippen molar-refractivity contribution in [2.45, 2.75) is 32.7 Å². The maximum atomic E-state index is 13.5. The highest BCUT2D eigenvalue weighted by Crippen LogP contribution is 2.48. The van der Waals surface area contributed by atoms with Crippen LogP contribution in [-0.4, -0.2) is 18.2 Å². The van der Waals surface area contributed by atoms with E-state index in [4.69, 9.17) is 16.0 Å². The third-order valence-electron chi connectivity index (χ3n) is 6.28. The normalized spacial score (nSPS) is 19.1. The van der Waals surface area contributed by atoms with E-state index in [0.29, 0.717) is 28.5 Å². The van der Waals surface area contributed by atoms with Crippen molar-refractivity contribution < 1.29 is 14.0 Å². The van der Waals surface area contributed by atoms with E-state index in [-0.39, 0.29) is 23.7 Å². The number of furan rings is 1. The topological polar surface area (TPSA) is 74.6 Å². The highest BCUT2D eigenvalue weighted by molar-refractivity contribution is 6.33. The molecule has 2 heterocycles. The number of carbonyl (C=O) groups excluding carboxylic acids is 2. The Hall–Kier alpha value is -3.51. The fraction of sp³-hybridized carbons (Fsp3) is 0.259. The highest BCUT2D eigenvalue weighted by atomic mass is 35.5. The molecule has 1 amide bonds. The molecule has 1 aliphatic carbocycles. The smallest absolute Gasteiger partial charge is 0.243 e. The van der Waals surface area contributed by atoms with E-state index in [9.17, 15) is 9.59 Å². The predicted molar refractivity (Wildman–Crippen MR) is 134 cm³/mol. The number of Topliss-reactive ketones (excluding diaryl/α,β-unsaturated/α-hetero) is 1.